The van der Waals surface area contributed by atoms with Gasteiger partial charge in [-0.2, -0.15) is 0 Å². The number of nitrogens with one attached hydrogen (secondary N) is 1. The number of rotatable bonds is 6. The van der Waals surface area contributed by atoms with Gasteiger partial charge >= 0.3 is 0 Å². The maximum atomic E-state index is 11.2. The number of ether oxygens (including phenoxy) is 1. The van der Waals surface area contributed by atoms with Crippen LogP contribution >= 0.6 is 0 Å². The van der Waals surface area contributed by atoms with Gasteiger partial charge in [-0.3, -0.25) is 0 Å². The normalized spacial score (nSPS) is 13.1. The Hall–Kier alpha value is -1.23. The van der Waals surface area contributed by atoms with Gasteiger partial charge in [0.15, 0.2) is 0 Å². The second kappa shape index (κ2) is 6.09. The standard InChI is InChI=1S/C13H21NO3S/c1-5-17-12-6-7-13(10(2)8-12)14-11(3)9-18(4,15)16/h6-8,11,14H,5,9H2,1-4H3. The average Bonchev–Trinajstić information content (AvgIpc) is 2.20. The lowest BCUT2D eigenvalue weighted by atomic mass is 10.2. The molecule has 1 aromatic rings. The van der Waals surface area contributed by atoms with Crippen LogP contribution in [0, 0.1) is 6.92 Å². The summed E-state index contributed by atoms with van der Waals surface area (Å²) in [5, 5.41) is 3.20. The van der Waals surface area contributed by atoms with Crippen LogP contribution in [0.5, 0.6) is 5.75 Å². The molecule has 0 heterocycles. The highest BCUT2D eigenvalue weighted by Crippen LogP contribution is 2.22. The van der Waals surface area contributed by atoms with E-state index < -0.39 is 9.84 Å². The lowest BCUT2D eigenvalue weighted by Gasteiger charge is -2.17. The molecular weight excluding hydrogens is 250 g/mol. The maximum Gasteiger partial charge on any atom is 0.149 e. The van der Waals surface area contributed by atoms with Crippen LogP contribution in [0.15, 0.2) is 18.2 Å². The first-order valence-corrected chi connectivity index (χ1v) is 8.05. The van der Waals surface area contributed by atoms with Crippen LogP contribution < -0.4 is 10.1 Å². The van der Waals surface area contributed by atoms with Crippen molar-refractivity contribution in [2.24, 2.45) is 0 Å². The number of aryl methyl sites for hydroxylation is 1. The summed E-state index contributed by atoms with van der Waals surface area (Å²) < 4.78 is 27.8. The maximum absolute atomic E-state index is 11.2. The Morgan fingerprint density at radius 3 is 2.56 bits per heavy atom. The Labute approximate surface area is 109 Å². The summed E-state index contributed by atoms with van der Waals surface area (Å²) in [5.41, 5.74) is 1.98. The molecule has 0 spiro atoms. The van der Waals surface area contributed by atoms with Gasteiger partial charge in [-0.15, -0.1) is 0 Å². The summed E-state index contributed by atoms with van der Waals surface area (Å²) in [4.78, 5) is 0. The van der Waals surface area contributed by atoms with Crippen molar-refractivity contribution in [2.75, 3.05) is 23.9 Å². The molecule has 0 bridgehead atoms. The molecule has 102 valence electrons. The molecule has 0 saturated heterocycles. The van der Waals surface area contributed by atoms with E-state index in [4.69, 9.17) is 4.74 Å². The lowest BCUT2D eigenvalue weighted by Crippen LogP contribution is -2.25. The third kappa shape index (κ3) is 4.96. The predicted molar refractivity (Wildman–Crippen MR) is 75.1 cm³/mol. The Morgan fingerprint density at radius 2 is 2.06 bits per heavy atom. The molecule has 0 aliphatic heterocycles. The van der Waals surface area contributed by atoms with Gasteiger partial charge in [0.1, 0.15) is 15.6 Å². The largest absolute Gasteiger partial charge is 0.494 e. The zero-order chi connectivity index (χ0) is 13.8. The van der Waals surface area contributed by atoms with E-state index in [0.29, 0.717) is 6.61 Å². The van der Waals surface area contributed by atoms with Gasteiger partial charge in [-0.25, -0.2) is 8.42 Å². The van der Waals surface area contributed by atoms with Crippen LogP contribution in [-0.4, -0.2) is 33.1 Å². The third-order valence-electron chi connectivity index (χ3n) is 2.46. The lowest BCUT2D eigenvalue weighted by molar-refractivity contribution is 0.340. The molecular formula is C13H21NO3S. The zero-order valence-corrected chi connectivity index (χ0v) is 12.2. The molecule has 0 fully saturated rings. The number of hydrogen-bond donors (Lipinski definition) is 1. The quantitative estimate of drug-likeness (QED) is 0.862. The van der Waals surface area contributed by atoms with Crippen molar-refractivity contribution in [2.45, 2.75) is 26.8 Å². The van der Waals surface area contributed by atoms with E-state index in [9.17, 15) is 8.42 Å². The summed E-state index contributed by atoms with van der Waals surface area (Å²) in [6.45, 7) is 6.40. The highest BCUT2D eigenvalue weighted by atomic mass is 32.2. The fourth-order valence-corrected chi connectivity index (χ4v) is 2.81. The van der Waals surface area contributed by atoms with Crippen molar-refractivity contribution in [1.82, 2.24) is 0 Å². The Kier molecular flexibility index (Phi) is 5.02. The van der Waals surface area contributed by atoms with Gasteiger partial charge in [0.25, 0.3) is 0 Å². The molecule has 18 heavy (non-hydrogen) atoms. The first-order valence-electron chi connectivity index (χ1n) is 5.99. The van der Waals surface area contributed by atoms with Gasteiger partial charge in [-0.1, -0.05) is 0 Å². The first kappa shape index (κ1) is 14.8. The van der Waals surface area contributed by atoms with Crippen molar-refractivity contribution < 1.29 is 13.2 Å². The molecule has 1 rings (SSSR count). The Bertz CT molecular complexity index is 497. The van der Waals surface area contributed by atoms with Crippen molar-refractivity contribution in [1.29, 1.82) is 0 Å². The SMILES string of the molecule is CCOc1ccc(NC(C)CS(C)(=O)=O)c(C)c1. The van der Waals surface area contributed by atoms with E-state index in [0.717, 1.165) is 17.0 Å². The van der Waals surface area contributed by atoms with Gasteiger partial charge in [-0.05, 0) is 44.5 Å². The van der Waals surface area contributed by atoms with Crippen LogP contribution in [0.3, 0.4) is 0 Å². The Balaban J connectivity index is 2.73. The summed E-state index contributed by atoms with van der Waals surface area (Å²) in [6.07, 6.45) is 1.25. The van der Waals surface area contributed by atoms with E-state index in [-0.39, 0.29) is 11.8 Å². The predicted octanol–water partition coefficient (Wildman–Crippen LogP) is 2.24. The highest BCUT2D eigenvalue weighted by molar-refractivity contribution is 7.90. The molecule has 0 aliphatic carbocycles. The smallest absolute Gasteiger partial charge is 0.149 e. The van der Waals surface area contributed by atoms with E-state index >= 15 is 0 Å². The molecule has 0 aliphatic rings. The number of benzene rings is 1. The molecule has 0 amide bonds. The highest BCUT2D eigenvalue weighted by Gasteiger charge is 2.11. The van der Waals surface area contributed by atoms with E-state index in [2.05, 4.69) is 5.32 Å². The van der Waals surface area contributed by atoms with Crippen LogP contribution in [0.2, 0.25) is 0 Å². The fraction of sp³-hybridized carbons (Fsp3) is 0.538. The van der Waals surface area contributed by atoms with Crippen LogP contribution in [0.1, 0.15) is 19.4 Å². The van der Waals surface area contributed by atoms with Crippen LogP contribution in [-0.2, 0) is 9.84 Å². The second-order valence-electron chi connectivity index (χ2n) is 4.55. The minimum atomic E-state index is -2.96. The van der Waals surface area contributed by atoms with Gasteiger partial charge in [0.05, 0.1) is 12.4 Å². The molecule has 1 unspecified atom stereocenters. The first-order chi connectivity index (χ1) is 8.31. The minimum Gasteiger partial charge on any atom is -0.494 e. The Morgan fingerprint density at radius 1 is 1.39 bits per heavy atom. The molecule has 4 nitrogen and oxygen atoms in total. The minimum absolute atomic E-state index is 0.114. The summed E-state index contributed by atoms with van der Waals surface area (Å²) >= 11 is 0. The van der Waals surface area contributed by atoms with Gasteiger partial charge in [0.2, 0.25) is 0 Å². The zero-order valence-electron chi connectivity index (χ0n) is 11.4. The molecule has 1 N–H and O–H groups in total. The average molecular weight is 271 g/mol. The number of anilines is 1. The van der Waals surface area contributed by atoms with E-state index in [1.165, 1.54) is 6.26 Å². The van der Waals surface area contributed by atoms with Crippen LogP contribution in [0.25, 0.3) is 0 Å². The summed E-state index contributed by atoms with van der Waals surface area (Å²) in [6, 6.07) is 5.63. The van der Waals surface area contributed by atoms with Crippen molar-refractivity contribution in [3.63, 3.8) is 0 Å². The van der Waals surface area contributed by atoms with Crippen molar-refractivity contribution in [3.05, 3.63) is 23.8 Å². The third-order valence-corrected chi connectivity index (χ3v) is 3.57. The second-order valence-corrected chi connectivity index (χ2v) is 6.73. The molecule has 1 aromatic carbocycles. The van der Waals surface area contributed by atoms with Gasteiger partial charge < -0.3 is 10.1 Å². The molecule has 0 saturated carbocycles. The summed E-state index contributed by atoms with van der Waals surface area (Å²) in [5.74, 6) is 0.955. The molecule has 0 aromatic heterocycles. The number of sulfone groups is 1. The fourth-order valence-electron chi connectivity index (χ4n) is 1.82. The van der Waals surface area contributed by atoms with Crippen molar-refractivity contribution in [3.8, 4) is 5.75 Å². The van der Waals surface area contributed by atoms with Gasteiger partial charge in [0, 0.05) is 18.0 Å². The molecule has 1 atom stereocenters. The molecule has 0 radical (unpaired) electrons. The topological polar surface area (TPSA) is 55.4 Å². The van der Waals surface area contributed by atoms with Crippen LogP contribution in [0.4, 0.5) is 5.69 Å². The monoisotopic (exact) mass is 271 g/mol. The van der Waals surface area contributed by atoms with Crippen molar-refractivity contribution >= 4 is 15.5 Å². The summed E-state index contributed by atoms with van der Waals surface area (Å²) in [7, 11) is -2.96. The van der Waals surface area contributed by atoms with E-state index in [1.54, 1.807) is 0 Å². The van der Waals surface area contributed by atoms with E-state index in [1.807, 2.05) is 39.0 Å². The molecule has 5 heteroatoms. The number of hydrogen-bond acceptors (Lipinski definition) is 4.